The van der Waals surface area contributed by atoms with E-state index < -0.39 is 22.4 Å². The molecular weight excluding hydrogens is 273 g/mol. The summed E-state index contributed by atoms with van der Waals surface area (Å²) in [6.07, 6.45) is 0. The van der Waals surface area contributed by atoms with Crippen LogP contribution >= 0.6 is 15.9 Å². The van der Waals surface area contributed by atoms with E-state index in [4.69, 9.17) is 0 Å². The lowest BCUT2D eigenvalue weighted by Crippen LogP contribution is -2.04. The molecule has 0 radical (unpaired) electrons. The monoisotopic (exact) mass is 277 g/mol. The van der Waals surface area contributed by atoms with Crippen molar-refractivity contribution in [2.24, 2.45) is 0 Å². The van der Waals surface area contributed by atoms with E-state index >= 15 is 0 Å². The van der Waals surface area contributed by atoms with Gasteiger partial charge in [-0.25, -0.2) is 4.79 Å². The van der Waals surface area contributed by atoms with Gasteiger partial charge in [0, 0.05) is 6.07 Å². The maximum absolute atomic E-state index is 13.2. The van der Waals surface area contributed by atoms with Crippen molar-refractivity contribution in [1.29, 1.82) is 0 Å². The molecule has 0 aromatic heterocycles. The number of nitro benzene ring substituents is 1. The molecule has 0 unspecified atom stereocenters. The number of rotatable bonds is 2. The molecule has 5 nitrogen and oxygen atoms in total. The lowest BCUT2D eigenvalue weighted by molar-refractivity contribution is -0.387. The Labute approximate surface area is 92.1 Å². The number of nitro groups is 1. The predicted molar refractivity (Wildman–Crippen MR) is 52.1 cm³/mol. The maximum atomic E-state index is 13.2. The van der Waals surface area contributed by atoms with E-state index in [-0.39, 0.29) is 10.0 Å². The molecule has 0 amide bonds. The minimum atomic E-state index is -1.02. The van der Waals surface area contributed by atoms with E-state index in [1.807, 2.05) is 0 Å². The minimum Gasteiger partial charge on any atom is -0.465 e. The van der Waals surface area contributed by atoms with Gasteiger partial charge in [0.2, 0.25) is 5.82 Å². The van der Waals surface area contributed by atoms with Crippen LogP contribution < -0.4 is 0 Å². The van der Waals surface area contributed by atoms with E-state index in [0.717, 1.165) is 19.2 Å². The number of carbonyl (C=O) groups excluding carboxylic acids is 1. The summed E-state index contributed by atoms with van der Waals surface area (Å²) in [5.74, 6) is -1.79. The number of hydrogen-bond donors (Lipinski definition) is 0. The van der Waals surface area contributed by atoms with Crippen LogP contribution in [0.25, 0.3) is 0 Å². The van der Waals surface area contributed by atoms with Gasteiger partial charge < -0.3 is 4.74 Å². The largest absolute Gasteiger partial charge is 0.465 e. The highest BCUT2D eigenvalue weighted by molar-refractivity contribution is 9.10. The predicted octanol–water partition coefficient (Wildman–Crippen LogP) is 2.28. The van der Waals surface area contributed by atoms with Crippen LogP contribution in [-0.2, 0) is 4.74 Å². The lowest BCUT2D eigenvalue weighted by atomic mass is 10.2. The van der Waals surface area contributed by atoms with Gasteiger partial charge in [-0.1, -0.05) is 0 Å². The molecule has 0 atom stereocenters. The second-order valence-electron chi connectivity index (χ2n) is 2.54. The van der Waals surface area contributed by atoms with Crippen LogP contribution in [0.2, 0.25) is 0 Å². The third-order valence-corrected chi connectivity index (χ3v) is 2.20. The number of hydrogen-bond acceptors (Lipinski definition) is 4. The Morgan fingerprint density at radius 3 is 2.67 bits per heavy atom. The van der Waals surface area contributed by atoms with Crippen molar-refractivity contribution in [3.05, 3.63) is 38.1 Å². The Morgan fingerprint density at radius 2 is 2.20 bits per heavy atom. The van der Waals surface area contributed by atoms with E-state index in [1.54, 1.807) is 0 Å². The van der Waals surface area contributed by atoms with Crippen molar-refractivity contribution in [1.82, 2.24) is 0 Å². The molecule has 1 rings (SSSR count). The van der Waals surface area contributed by atoms with Crippen LogP contribution in [0.5, 0.6) is 0 Å². The number of esters is 1. The molecular formula is C8H5BrFNO4. The highest BCUT2D eigenvalue weighted by atomic mass is 79.9. The van der Waals surface area contributed by atoms with Crippen LogP contribution in [-0.4, -0.2) is 18.0 Å². The summed E-state index contributed by atoms with van der Waals surface area (Å²) in [5.41, 5.74) is -0.859. The number of nitrogens with zero attached hydrogens (tertiary/aromatic N) is 1. The molecule has 1 aromatic carbocycles. The van der Waals surface area contributed by atoms with Gasteiger partial charge in [-0.2, -0.15) is 4.39 Å². The third kappa shape index (κ3) is 2.30. The van der Waals surface area contributed by atoms with Crippen LogP contribution in [0, 0.1) is 15.9 Å². The molecule has 0 aliphatic carbocycles. The van der Waals surface area contributed by atoms with E-state index in [1.165, 1.54) is 0 Å². The summed E-state index contributed by atoms with van der Waals surface area (Å²) in [7, 11) is 1.13. The van der Waals surface area contributed by atoms with Crippen LogP contribution in [0.3, 0.4) is 0 Å². The molecule has 0 heterocycles. The normalized spacial score (nSPS) is 9.80. The van der Waals surface area contributed by atoms with E-state index in [9.17, 15) is 19.3 Å². The Balaban J connectivity index is 3.35. The van der Waals surface area contributed by atoms with Gasteiger partial charge in [0.25, 0.3) is 0 Å². The molecule has 80 valence electrons. The quantitative estimate of drug-likeness (QED) is 0.472. The first-order chi connectivity index (χ1) is 6.97. The van der Waals surface area contributed by atoms with Gasteiger partial charge in [-0.3, -0.25) is 10.1 Å². The molecule has 0 saturated heterocycles. The van der Waals surface area contributed by atoms with E-state index in [0.29, 0.717) is 0 Å². The minimum absolute atomic E-state index is 0.0857. The van der Waals surface area contributed by atoms with Gasteiger partial charge >= 0.3 is 11.7 Å². The fourth-order valence-corrected chi connectivity index (χ4v) is 1.39. The molecule has 1 aromatic rings. The molecule has 0 fully saturated rings. The van der Waals surface area contributed by atoms with Crippen molar-refractivity contribution < 1.29 is 18.8 Å². The SMILES string of the molecule is COC(=O)c1cc(Br)c(F)c([N+](=O)[O-])c1. The summed E-state index contributed by atoms with van der Waals surface area (Å²) in [4.78, 5) is 20.6. The number of benzene rings is 1. The third-order valence-electron chi connectivity index (χ3n) is 1.63. The van der Waals surface area contributed by atoms with Gasteiger partial charge in [0.05, 0.1) is 22.1 Å². The average Bonchev–Trinajstić information content (AvgIpc) is 2.20. The topological polar surface area (TPSA) is 69.4 Å². The second-order valence-corrected chi connectivity index (χ2v) is 3.39. The van der Waals surface area contributed by atoms with Crippen molar-refractivity contribution in [2.75, 3.05) is 7.11 Å². The first kappa shape index (κ1) is 11.6. The average molecular weight is 278 g/mol. The zero-order valence-corrected chi connectivity index (χ0v) is 9.08. The van der Waals surface area contributed by atoms with Crippen LogP contribution in [0.4, 0.5) is 10.1 Å². The highest BCUT2D eigenvalue weighted by Gasteiger charge is 2.21. The summed E-state index contributed by atoms with van der Waals surface area (Å²) >= 11 is 2.78. The number of ether oxygens (including phenoxy) is 1. The molecule has 0 bridgehead atoms. The summed E-state index contributed by atoms with van der Waals surface area (Å²) < 4.78 is 17.4. The fraction of sp³-hybridized carbons (Fsp3) is 0.125. The smallest absolute Gasteiger partial charge is 0.338 e. The molecule has 0 aliphatic heterocycles. The second kappa shape index (κ2) is 4.35. The summed E-state index contributed by atoms with van der Waals surface area (Å²) in [6.45, 7) is 0. The van der Waals surface area contributed by atoms with Crippen molar-refractivity contribution >= 4 is 27.6 Å². The van der Waals surface area contributed by atoms with Gasteiger partial charge in [-0.05, 0) is 22.0 Å². The van der Waals surface area contributed by atoms with Crippen molar-refractivity contribution in [3.63, 3.8) is 0 Å². The van der Waals surface area contributed by atoms with Gasteiger partial charge in [0.1, 0.15) is 0 Å². The van der Waals surface area contributed by atoms with Crippen molar-refractivity contribution in [2.45, 2.75) is 0 Å². The first-order valence-electron chi connectivity index (χ1n) is 3.69. The summed E-state index contributed by atoms with van der Waals surface area (Å²) in [6, 6.07) is 1.94. The Hall–Kier alpha value is -1.50. The standard InChI is InChI=1S/C8H5BrFNO4/c1-15-8(12)4-2-5(9)7(10)6(3-4)11(13)14/h2-3H,1H3. The number of carbonyl (C=O) groups is 1. The lowest BCUT2D eigenvalue weighted by Gasteiger charge is -2.01. The summed E-state index contributed by atoms with van der Waals surface area (Å²) in [5, 5.41) is 10.4. The Bertz CT molecular complexity index is 435. The molecule has 15 heavy (non-hydrogen) atoms. The van der Waals surface area contributed by atoms with Crippen molar-refractivity contribution in [3.8, 4) is 0 Å². The Morgan fingerprint density at radius 1 is 1.60 bits per heavy atom. The molecule has 0 saturated carbocycles. The number of methoxy groups -OCH3 is 1. The molecule has 0 aliphatic rings. The van der Waals surface area contributed by atoms with E-state index in [2.05, 4.69) is 20.7 Å². The molecule has 7 heteroatoms. The highest BCUT2D eigenvalue weighted by Crippen LogP contribution is 2.27. The van der Waals surface area contributed by atoms with Crippen LogP contribution in [0.1, 0.15) is 10.4 Å². The molecule has 0 spiro atoms. The zero-order valence-electron chi connectivity index (χ0n) is 7.49. The fourth-order valence-electron chi connectivity index (χ4n) is 0.943. The van der Waals surface area contributed by atoms with Gasteiger partial charge in [0.15, 0.2) is 0 Å². The Kier molecular flexibility index (Phi) is 3.35. The maximum Gasteiger partial charge on any atom is 0.338 e. The zero-order chi connectivity index (χ0) is 11.6. The first-order valence-corrected chi connectivity index (χ1v) is 4.48. The molecule has 0 N–H and O–H groups in total. The van der Waals surface area contributed by atoms with Gasteiger partial charge in [-0.15, -0.1) is 0 Å². The van der Waals surface area contributed by atoms with Crippen LogP contribution in [0.15, 0.2) is 16.6 Å². The number of halogens is 2.